The van der Waals surface area contributed by atoms with E-state index < -0.39 is 0 Å². The smallest absolute Gasteiger partial charge is 0.199 e. The minimum Gasteiger partial charge on any atom is -0.275 e. The molecule has 0 aliphatic rings. The molecule has 6 heteroatoms. The van der Waals surface area contributed by atoms with Crippen molar-refractivity contribution in [2.24, 2.45) is 0 Å². The Kier molecular flexibility index (Phi) is 4.72. The second-order valence-corrected chi connectivity index (χ2v) is 9.37. The molecular formula is C25H20Cl2N4. The third kappa shape index (κ3) is 3.56. The van der Waals surface area contributed by atoms with E-state index in [2.05, 4.69) is 45.0 Å². The van der Waals surface area contributed by atoms with Crippen LogP contribution in [-0.2, 0) is 5.41 Å². The Morgan fingerprint density at radius 2 is 1.42 bits per heavy atom. The van der Waals surface area contributed by atoms with E-state index in [1.807, 2.05) is 41.0 Å². The first-order chi connectivity index (χ1) is 14.8. The Labute approximate surface area is 190 Å². The highest BCUT2D eigenvalue weighted by Gasteiger charge is 2.19. The minimum atomic E-state index is 0.0726. The fourth-order valence-electron chi connectivity index (χ4n) is 3.64. The van der Waals surface area contributed by atoms with Gasteiger partial charge >= 0.3 is 0 Å². The zero-order valence-corrected chi connectivity index (χ0v) is 18.9. The van der Waals surface area contributed by atoms with Crippen molar-refractivity contribution >= 4 is 45.5 Å². The van der Waals surface area contributed by atoms with E-state index in [0.717, 1.165) is 28.1 Å². The fraction of sp³-hybridized carbons (Fsp3) is 0.160. The largest absolute Gasteiger partial charge is 0.275 e. The first-order valence-electron chi connectivity index (χ1n) is 10.0. The number of benzene rings is 3. The lowest BCUT2D eigenvalue weighted by Gasteiger charge is -2.19. The summed E-state index contributed by atoms with van der Waals surface area (Å²) in [6, 6.07) is 21.8. The van der Waals surface area contributed by atoms with Crippen molar-refractivity contribution in [3.8, 4) is 17.1 Å². The van der Waals surface area contributed by atoms with Gasteiger partial charge in [-0.3, -0.25) is 4.57 Å². The summed E-state index contributed by atoms with van der Waals surface area (Å²) in [7, 11) is 0. The van der Waals surface area contributed by atoms with Gasteiger partial charge in [0.15, 0.2) is 11.3 Å². The normalized spacial score (nSPS) is 12.0. The third-order valence-electron chi connectivity index (χ3n) is 5.34. The Bertz CT molecular complexity index is 1430. The van der Waals surface area contributed by atoms with E-state index in [9.17, 15) is 0 Å². The molecule has 0 spiro atoms. The Hall–Kier alpha value is -2.95. The molecule has 4 nitrogen and oxygen atoms in total. The van der Waals surface area contributed by atoms with Gasteiger partial charge in [-0.2, -0.15) is 0 Å². The third-order valence-corrected chi connectivity index (χ3v) is 6.08. The van der Waals surface area contributed by atoms with Crippen LogP contribution in [0.1, 0.15) is 26.3 Å². The first-order valence-corrected chi connectivity index (χ1v) is 10.8. The Morgan fingerprint density at radius 1 is 0.742 bits per heavy atom. The second kappa shape index (κ2) is 7.33. The molecule has 31 heavy (non-hydrogen) atoms. The average Bonchev–Trinajstić information content (AvgIpc) is 3.12. The van der Waals surface area contributed by atoms with Crippen LogP contribution in [0.3, 0.4) is 0 Å². The second-order valence-electron chi connectivity index (χ2n) is 8.56. The van der Waals surface area contributed by atoms with Gasteiger partial charge in [0.25, 0.3) is 0 Å². The summed E-state index contributed by atoms with van der Waals surface area (Å²) in [5.74, 6) is 0.754. The van der Waals surface area contributed by atoms with E-state index >= 15 is 0 Å². The molecule has 5 aromatic rings. The van der Waals surface area contributed by atoms with Crippen molar-refractivity contribution in [1.29, 1.82) is 0 Å². The van der Waals surface area contributed by atoms with Crippen LogP contribution in [0.4, 0.5) is 0 Å². The topological polar surface area (TPSA) is 43.6 Å². The van der Waals surface area contributed by atoms with Gasteiger partial charge in [0.05, 0.1) is 26.8 Å². The van der Waals surface area contributed by atoms with Crippen molar-refractivity contribution in [3.05, 3.63) is 82.3 Å². The highest BCUT2D eigenvalue weighted by Crippen LogP contribution is 2.32. The number of nitrogens with zero attached hydrogens (tertiary/aromatic N) is 4. The van der Waals surface area contributed by atoms with Crippen molar-refractivity contribution in [3.63, 3.8) is 0 Å². The molecule has 0 saturated carbocycles. The number of imidazole rings is 1. The number of aromatic nitrogens is 4. The summed E-state index contributed by atoms with van der Waals surface area (Å²) in [6.45, 7) is 6.60. The van der Waals surface area contributed by atoms with Crippen LogP contribution in [0.15, 0.2) is 66.7 Å². The summed E-state index contributed by atoms with van der Waals surface area (Å²) in [4.78, 5) is 14.5. The molecule has 3 aromatic carbocycles. The van der Waals surface area contributed by atoms with Gasteiger partial charge in [0.1, 0.15) is 5.82 Å². The number of rotatable bonds is 2. The highest BCUT2D eigenvalue weighted by molar-refractivity contribution is 6.42. The fourth-order valence-corrected chi connectivity index (χ4v) is 3.93. The number of hydrogen-bond donors (Lipinski definition) is 0. The molecule has 2 aromatic heterocycles. The highest BCUT2D eigenvalue weighted by atomic mass is 35.5. The standard InChI is InChI=1S/C25H20Cl2N4/c1-25(2,3)16-10-8-15(9-11-16)23-30-22-24(29-21-7-5-4-6-20(21)28-22)31(23)17-12-13-18(26)19(27)14-17/h4-14H,1-3H3. The van der Waals surface area contributed by atoms with Crippen molar-refractivity contribution in [2.45, 2.75) is 26.2 Å². The maximum Gasteiger partial charge on any atom is 0.199 e. The van der Waals surface area contributed by atoms with E-state index in [1.54, 1.807) is 6.07 Å². The van der Waals surface area contributed by atoms with E-state index in [1.165, 1.54) is 5.56 Å². The molecule has 0 unspecified atom stereocenters. The first kappa shape index (κ1) is 20.0. The lowest BCUT2D eigenvalue weighted by molar-refractivity contribution is 0.590. The van der Waals surface area contributed by atoms with Gasteiger partial charge in [-0.15, -0.1) is 0 Å². The molecule has 0 aliphatic heterocycles. The zero-order valence-electron chi connectivity index (χ0n) is 17.4. The van der Waals surface area contributed by atoms with Crippen molar-refractivity contribution in [1.82, 2.24) is 19.5 Å². The predicted octanol–water partition coefficient (Wildman–Crippen LogP) is 7.24. The van der Waals surface area contributed by atoms with Crippen LogP contribution in [0, 0.1) is 0 Å². The molecule has 0 bridgehead atoms. The van der Waals surface area contributed by atoms with Crippen LogP contribution in [-0.4, -0.2) is 19.5 Å². The van der Waals surface area contributed by atoms with Gasteiger partial charge in [-0.1, -0.05) is 80.4 Å². The molecule has 0 aliphatic carbocycles. The summed E-state index contributed by atoms with van der Waals surface area (Å²) in [5, 5.41) is 0.978. The van der Waals surface area contributed by atoms with Crippen LogP contribution in [0.5, 0.6) is 0 Å². The minimum absolute atomic E-state index is 0.0726. The van der Waals surface area contributed by atoms with Crippen LogP contribution in [0.2, 0.25) is 10.0 Å². The summed E-state index contributed by atoms with van der Waals surface area (Å²) >= 11 is 12.5. The molecule has 0 atom stereocenters. The maximum atomic E-state index is 6.34. The maximum absolute atomic E-state index is 6.34. The van der Waals surface area contributed by atoms with Gasteiger partial charge in [-0.05, 0) is 41.3 Å². The monoisotopic (exact) mass is 446 g/mol. The molecule has 0 fully saturated rings. The molecule has 0 radical (unpaired) electrons. The molecule has 2 heterocycles. The molecular weight excluding hydrogens is 427 g/mol. The molecule has 0 saturated heterocycles. The van der Waals surface area contributed by atoms with Gasteiger partial charge < -0.3 is 0 Å². The summed E-state index contributed by atoms with van der Waals surface area (Å²) in [6.07, 6.45) is 0. The predicted molar refractivity (Wildman–Crippen MR) is 128 cm³/mol. The van der Waals surface area contributed by atoms with Crippen LogP contribution in [0.25, 0.3) is 39.4 Å². The number of hydrogen-bond acceptors (Lipinski definition) is 3. The molecule has 5 rings (SSSR count). The van der Waals surface area contributed by atoms with Crippen molar-refractivity contribution < 1.29 is 0 Å². The van der Waals surface area contributed by atoms with E-state index in [4.69, 9.17) is 38.2 Å². The molecule has 154 valence electrons. The lowest BCUT2D eigenvalue weighted by Crippen LogP contribution is -2.10. The van der Waals surface area contributed by atoms with Gasteiger partial charge in [0, 0.05) is 5.56 Å². The Balaban J connectivity index is 1.80. The lowest BCUT2D eigenvalue weighted by atomic mass is 9.87. The average molecular weight is 447 g/mol. The summed E-state index contributed by atoms with van der Waals surface area (Å²) < 4.78 is 1.99. The molecule has 0 amide bonds. The van der Waals surface area contributed by atoms with E-state index in [-0.39, 0.29) is 5.41 Å². The number of para-hydroxylation sites is 2. The SMILES string of the molecule is CC(C)(C)c1ccc(-c2nc3nc4ccccc4nc3n2-c2ccc(Cl)c(Cl)c2)cc1. The van der Waals surface area contributed by atoms with Gasteiger partial charge in [-0.25, -0.2) is 15.0 Å². The van der Waals surface area contributed by atoms with Crippen LogP contribution >= 0.6 is 23.2 Å². The number of fused-ring (bicyclic) bond motifs is 2. The van der Waals surface area contributed by atoms with E-state index in [0.29, 0.717) is 21.3 Å². The van der Waals surface area contributed by atoms with Crippen LogP contribution < -0.4 is 0 Å². The number of halogens is 2. The zero-order chi connectivity index (χ0) is 21.8. The molecule has 0 N–H and O–H groups in total. The van der Waals surface area contributed by atoms with Gasteiger partial charge in [0.2, 0.25) is 0 Å². The Morgan fingerprint density at radius 3 is 2.06 bits per heavy atom. The van der Waals surface area contributed by atoms with Crippen molar-refractivity contribution in [2.75, 3.05) is 0 Å². The summed E-state index contributed by atoms with van der Waals surface area (Å²) in [5.41, 5.74) is 6.01. The quantitative estimate of drug-likeness (QED) is 0.287.